The maximum absolute atomic E-state index is 11.9. The summed E-state index contributed by atoms with van der Waals surface area (Å²) in [7, 11) is 0. The van der Waals surface area contributed by atoms with Crippen LogP contribution in [0.2, 0.25) is 0 Å². The number of ether oxygens (including phenoxy) is 2. The Labute approximate surface area is 136 Å². The van der Waals surface area contributed by atoms with E-state index in [0.717, 1.165) is 5.56 Å². The van der Waals surface area contributed by atoms with Gasteiger partial charge in [0.15, 0.2) is 17.3 Å². The molecule has 2 rings (SSSR count). The van der Waals surface area contributed by atoms with Gasteiger partial charge in [0.25, 0.3) is 0 Å². The number of allylic oxidation sites excluding steroid dienone is 2. The molecule has 0 saturated carbocycles. The lowest BCUT2D eigenvalue weighted by atomic mass is 9.90. The second-order valence-electron chi connectivity index (χ2n) is 5.40. The first-order valence-electron chi connectivity index (χ1n) is 7.98. The molecule has 1 aliphatic carbocycles. The molecule has 0 saturated heterocycles. The van der Waals surface area contributed by atoms with Crippen LogP contribution < -0.4 is 9.47 Å². The highest BCUT2D eigenvalue weighted by atomic mass is 16.5. The summed E-state index contributed by atoms with van der Waals surface area (Å²) in [4.78, 5) is 11.9. The SMILES string of the molecule is CCOc1ccc(CC(=N)C2=C(O)CCCC2=O)cc1OCC. The number of rotatable bonds is 7. The lowest BCUT2D eigenvalue weighted by molar-refractivity contribution is -0.115. The smallest absolute Gasteiger partial charge is 0.168 e. The third-order valence-electron chi connectivity index (χ3n) is 3.68. The van der Waals surface area contributed by atoms with Crippen LogP contribution in [0.5, 0.6) is 11.5 Å². The average molecular weight is 317 g/mol. The van der Waals surface area contributed by atoms with E-state index in [-0.39, 0.29) is 29.2 Å². The topological polar surface area (TPSA) is 79.6 Å². The normalized spacial score (nSPS) is 14.8. The minimum Gasteiger partial charge on any atom is -0.511 e. The predicted molar refractivity (Wildman–Crippen MR) is 88.7 cm³/mol. The van der Waals surface area contributed by atoms with Crippen molar-refractivity contribution in [2.75, 3.05) is 13.2 Å². The number of Topliss-reactive ketones (excluding diaryl/α,β-unsaturated/α-hetero) is 1. The van der Waals surface area contributed by atoms with Crippen molar-refractivity contribution in [3.63, 3.8) is 0 Å². The van der Waals surface area contributed by atoms with E-state index in [1.54, 1.807) is 0 Å². The molecule has 5 nitrogen and oxygen atoms in total. The van der Waals surface area contributed by atoms with Crippen molar-refractivity contribution in [1.82, 2.24) is 0 Å². The van der Waals surface area contributed by atoms with Gasteiger partial charge in [-0.25, -0.2) is 0 Å². The minimum atomic E-state index is -0.144. The van der Waals surface area contributed by atoms with Gasteiger partial charge in [-0.3, -0.25) is 4.79 Å². The van der Waals surface area contributed by atoms with Gasteiger partial charge in [-0.2, -0.15) is 0 Å². The molecule has 0 spiro atoms. The van der Waals surface area contributed by atoms with E-state index >= 15 is 0 Å². The molecule has 0 heterocycles. The molecular weight excluding hydrogens is 294 g/mol. The van der Waals surface area contributed by atoms with Gasteiger partial charge in [0.2, 0.25) is 0 Å². The summed E-state index contributed by atoms with van der Waals surface area (Å²) in [6.45, 7) is 4.87. The summed E-state index contributed by atoms with van der Waals surface area (Å²) in [5, 5.41) is 18.1. The second-order valence-corrected chi connectivity index (χ2v) is 5.40. The Bertz CT molecular complexity index is 634. The number of carbonyl (C=O) groups excluding carboxylic acids is 1. The van der Waals surface area contributed by atoms with Gasteiger partial charge in [-0.15, -0.1) is 0 Å². The van der Waals surface area contributed by atoms with E-state index in [9.17, 15) is 9.90 Å². The van der Waals surface area contributed by atoms with E-state index in [2.05, 4.69) is 0 Å². The summed E-state index contributed by atoms with van der Waals surface area (Å²) in [6.07, 6.45) is 1.79. The van der Waals surface area contributed by atoms with Crippen molar-refractivity contribution in [3.05, 3.63) is 35.1 Å². The third kappa shape index (κ3) is 4.12. The van der Waals surface area contributed by atoms with Crippen LogP contribution in [-0.2, 0) is 11.2 Å². The third-order valence-corrected chi connectivity index (χ3v) is 3.68. The van der Waals surface area contributed by atoms with Gasteiger partial charge in [-0.1, -0.05) is 6.07 Å². The Kier molecular flexibility index (Phi) is 5.79. The van der Waals surface area contributed by atoms with Gasteiger partial charge < -0.3 is 20.0 Å². The molecule has 0 radical (unpaired) electrons. The number of ketones is 1. The minimum absolute atomic E-state index is 0.0437. The molecule has 2 N–H and O–H groups in total. The van der Waals surface area contributed by atoms with Gasteiger partial charge in [0.1, 0.15) is 5.76 Å². The lowest BCUT2D eigenvalue weighted by Gasteiger charge is -2.17. The highest BCUT2D eigenvalue weighted by Crippen LogP contribution is 2.29. The number of hydrogen-bond acceptors (Lipinski definition) is 5. The van der Waals surface area contributed by atoms with Crippen molar-refractivity contribution in [2.45, 2.75) is 39.5 Å². The van der Waals surface area contributed by atoms with E-state index in [0.29, 0.717) is 44.0 Å². The molecule has 0 aliphatic heterocycles. The summed E-state index contributed by atoms with van der Waals surface area (Å²) in [6, 6.07) is 5.49. The molecule has 0 bridgehead atoms. The van der Waals surface area contributed by atoms with E-state index < -0.39 is 0 Å². The Morgan fingerprint density at radius 1 is 1.17 bits per heavy atom. The van der Waals surface area contributed by atoms with Crippen molar-refractivity contribution in [3.8, 4) is 11.5 Å². The number of benzene rings is 1. The molecular formula is C18H23NO4. The van der Waals surface area contributed by atoms with Crippen LogP contribution in [0.1, 0.15) is 38.7 Å². The first kappa shape index (κ1) is 17.1. The standard InChI is InChI=1S/C18H23NO4/c1-3-22-16-9-8-12(11-17(16)23-4-2)10-13(19)18-14(20)6-5-7-15(18)21/h8-9,11,19-20H,3-7,10H2,1-2H3. The molecule has 0 unspecified atom stereocenters. The van der Waals surface area contributed by atoms with E-state index in [1.807, 2.05) is 32.0 Å². The summed E-state index contributed by atoms with van der Waals surface area (Å²) >= 11 is 0. The van der Waals surface area contributed by atoms with Crippen molar-refractivity contribution in [2.24, 2.45) is 0 Å². The monoisotopic (exact) mass is 317 g/mol. The van der Waals surface area contributed by atoms with Crippen LogP contribution in [0.4, 0.5) is 0 Å². The van der Waals surface area contributed by atoms with Gasteiger partial charge in [0.05, 0.1) is 18.8 Å². The molecule has 1 aliphatic rings. The number of aliphatic hydroxyl groups excluding tert-OH is 1. The van der Waals surface area contributed by atoms with Crippen LogP contribution >= 0.6 is 0 Å². The largest absolute Gasteiger partial charge is 0.511 e. The highest BCUT2D eigenvalue weighted by molar-refractivity contribution is 6.22. The van der Waals surface area contributed by atoms with Crippen molar-refractivity contribution < 1.29 is 19.4 Å². The molecule has 1 aromatic carbocycles. The molecule has 0 aromatic heterocycles. The zero-order valence-corrected chi connectivity index (χ0v) is 13.6. The fourth-order valence-corrected chi connectivity index (χ4v) is 2.67. The van der Waals surface area contributed by atoms with E-state index in [4.69, 9.17) is 14.9 Å². The zero-order chi connectivity index (χ0) is 16.8. The van der Waals surface area contributed by atoms with Gasteiger partial charge in [0, 0.05) is 25.0 Å². The number of carbonyl (C=O) groups is 1. The second kappa shape index (κ2) is 7.81. The molecule has 0 amide bonds. The fourth-order valence-electron chi connectivity index (χ4n) is 2.67. The van der Waals surface area contributed by atoms with Crippen LogP contribution in [0.15, 0.2) is 29.5 Å². The number of aliphatic hydroxyl groups is 1. The van der Waals surface area contributed by atoms with Crippen LogP contribution in [-0.4, -0.2) is 29.8 Å². The molecule has 23 heavy (non-hydrogen) atoms. The van der Waals surface area contributed by atoms with Crippen molar-refractivity contribution in [1.29, 1.82) is 5.41 Å². The van der Waals surface area contributed by atoms with Gasteiger partial charge >= 0.3 is 0 Å². The molecule has 124 valence electrons. The molecule has 5 heteroatoms. The lowest BCUT2D eigenvalue weighted by Crippen LogP contribution is -2.20. The Hall–Kier alpha value is -2.30. The fraction of sp³-hybridized carbons (Fsp3) is 0.444. The quantitative estimate of drug-likeness (QED) is 0.753. The molecule has 0 atom stereocenters. The van der Waals surface area contributed by atoms with Crippen LogP contribution in [0.3, 0.4) is 0 Å². The highest BCUT2D eigenvalue weighted by Gasteiger charge is 2.24. The summed E-state index contributed by atoms with van der Waals surface area (Å²) in [5.41, 5.74) is 1.18. The van der Waals surface area contributed by atoms with Crippen LogP contribution in [0.25, 0.3) is 0 Å². The van der Waals surface area contributed by atoms with E-state index in [1.165, 1.54) is 0 Å². The number of nitrogens with one attached hydrogen (secondary N) is 1. The first-order chi connectivity index (χ1) is 11.1. The Balaban J connectivity index is 2.21. The van der Waals surface area contributed by atoms with Gasteiger partial charge in [-0.05, 0) is 38.0 Å². The number of hydrogen-bond donors (Lipinski definition) is 2. The maximum Gasteiger partial charge on any atom is 0.168 e. The summed E-state index contributed by atoms with van der Waals surface area (Å²) in [5.74, 6) is 1.20. The Morgan fingerprint density at radius 2 is 1.87 bits per heavy atom. The maximum atomic E-state index is 11.9. The first-order valence-corrected chi connectivity index (χ1v) is 7.98. The Morgan fingerprint density at radius 3 is 2.52 bits per heavy atom. The average Bonchev–Trinajstić information content (AvgIpc) is 2.50. The van der Waals surface area contributed by atoms with Crippen LogP contribution in [0, 0.1) is 5.41 Å². The molecule has 0 fully saturated rings. The van der Waals surface area contributed by atoms with Crippen molar-refractivity contribution >= 4 is 11.5 Å². The summed E-state index contributed by atoms with van der Waals surface area (Å²) < 4.78 is 11.1. The predicted octanol–water partition coefficient (Wildman–Crippen LogP) is 3.61. The zero-order valence-electron chi connectivity index (χ0n) is 13.6. The molecule has 1 aromatic rings.